The summed E-state index contributed by atoms with van der Waals surface area (Å²) in [5.74, 6) is 2.99. The molecule has 0 spiro atoms. The van der Waals surface area contributed by atoms with E-state index in [-0.39, 0.29) is 24.0 Å². The zero-order valence-corrected chi connectivity index (χ0v) is 18.7. The van der Waals surface area contributed by atoms with Crippen LogP contribution in [0.3, 0.4) is 0 Å². The highest BCUT2D eigenvalue weighted by Crippen LogP contribution is 2.39. The number of methoxy groups -OCH3 is 2. The SMILES string of the molecule is CCNC(=NCc1ccc(Oc2c(OC)cccc2OC)nc1)NC1CC1.I. The molecule has 1 heterocycles. The Bertz CT molecular complexity index is 757. The molecule has 7 nitrogen and oxygen atoms in total. The van der Waals surface area contributed by atoms with Gasteiger partial charge in [0.05, 0.1) is 20.8 Å². The fourth-order valence-electron chi connectivity index (χ4n) is 2.50. The number of halogens is 1. The zero-order chi connectivity index (χ0) is 19.1. The van der Waals surface area contributed by atoms with Gasteiger partial charge in [0, 0.05) is 24.8 Å². The Balaban J connectivity index is 0.00000280. The Labute approximate surface area is 182 Å². The Morgan fingerprint density at radius 3 is 2.39 bits per heavy atom. The van der Waals surface area contributed by atoms with Crippen LogP contribution in [0.2, 0.25) is 0 Å². The third-order valence-electron chi connectivity index (χ3n) is 4.07. The van der Waals surface area contributed by atoms with Gasteiger partial charge in [-0.25, -0.2) is 9.98 Å². The van der Waals surface area contributed by atoms with Crippen LogP contribution in [-0.4, -0.2) is 37.7 Å². The molecule has 0 atom stereocenters. The first kappa shape index (κ1) is 22.1. The van der Waals surface area contributed by atoms with E-state index in [1.54, 1.807) is 20.4 Å². The van der Waals surface area contributed by atoms with Crippen LogP contribution >= 0.6 is 24.0 Å². The number of benzene rings is 1. The molecule has 2 aromatic rings. The standard InChI is InChI=1S/C20H26N4O3.HI/c1-4-21-20(24-15-9-10-15)23-13-14-8-11-18(22-12-14)27-19-16(25-2)6-5-7-17(19)26-3;/h5-8,11-12,15H,4,9-10,13H2,1-3H3,(H2,21,23,24);1H. The molecule has 1 aliphatic carbocycles. The summed E-state index contributed by atoms with van der Waals surface area (Å²) in [6, 6.07) is 9.81. The van der Waals surface area contributed by atoms with Crippen molar-refractivity contribution >= 4 is 29.9 Å². The molecule has 3 rings (SSSR count). The molecule has 1 aromatic carbocycles. The van der Waals surface area contributed by atoms with Gasteiger partial charge in [-0.1, -0.05) is 12.1 Å². The second-order valence-corrected chi connectivity index (χ2v) is 6.21. The Hall–Kier alpha value is -2.23. The van der Waals surface area contributed by atoms with E-state index < -0.39 is 0 Å². The molecule has 0 radical (unpaired) electrons. The summed E-state index contributed by atoms with van der Waals surface area (Å²) in [6.07, 6.45) is 4.19. The predicted octanol–water partition coefficient (Wildman–Crippen LogP) is 3.73. The van der Waals surface area contributed by atoms with Crippen molar-refractivity contribution in [3.8, 4) is 23.1 Å². The maximum absolute atomic E-state index is 5.88. The summed E-state index contributed by atoms with van der Waals surface area (Å²) in [4.78, 5) is 8.98. The molecule has 0 aliphatic heterocycles. The molecule has 1 aromatic heterocycles. The lowest BCUT2D eigenvalue weighted by Crippen LogP contribution is -2.38. The van der Waals surface area contributed by atoms with Crippen LogP contribution in [0.25, 0.3) is 0 Å². The Morgan fingerprint density at radius 1 is 1.14 bits per heavy atom. The first-order valence-corrected chi connectivity index (χ1v) is 9.12. The van der Waals surface area contributed by atoms with Gasteiger partial charge in [-0.2, -0.15) is 0 Å². The highest BCUT2D eigenvalue weighted by molar-refractivity contribution is 14.0. The second-order valence-electron chi connectivity index (χ2n) is 6.21. The second kappa shape index (κ2) is 10.9. The van der Waals surface area contributed by atoms with Crippen LogP contribution in [0.5, 0.6) is 23.1 Å². The van der Waals surface area contributed by atoms with Gasteiger partial charge in [-0.15, -0.1) is 24.0 Å². The Morgan fingerprint density at radius 2 is 1.86 bits per heavy atom. The van der Waals surface area contributed by atoms with Crippen LogP contribution in [-0.2, 0) is 6.54 Å². The van der Waals surface area contributed by atoms with Gasteiger partial charge in [-0.3, -0.25) is 0 Å². The van der Waals surface area contributed by atoms with E-state index in [1.165, 1.54) is 12.8 Å². The molecule has 8 heteroatoms. The smallest absolute Gasteiger partial charge is 0.219 e. The molecule has 0 unspecified atom stereocenters. The molecule has 28 heavy (non-hydrogen) atoms. The predicted molar refractivity (Wildman–Crippen MR) is 120 cm³/mol. The van der Waals surface area contributed by atoms with Crippen molar-refractivity contribution in [1.82, 2.24) is 15.6 Å². The van der Waals surface area contributed by atoms with E-state index in [2.05, 4.69) is 27.5 Å². The van der Waals surface area contributed by atoms with Gasteiger partial charge < -0.3 is 24.8 Å². The maximum Gasteiger partial charge on any atom is 0.219 e. The van der Waals surface area contributed by atoms with Crippen molar-refractivity contribution in [3.05, 3.63) is 42.1 Å². The van der Waals surface area contributed by atoms with Crippen molar-refractivity contribution in [2.75, 3.05) is 20.8 Å². The van der Waals surface area contributed by atoms with Crippen LogP contribution in [0.4, 0.5) is 0 Å². The molecular formula is C20H27IN4O3. The lowest BCUT2D eigenvalue weighted by molar-refractivity contribution is 0.342. The molecule has 1 saturated carbocycles. The minimum Gasteiger partial charge on any atom is -0.493 e. The van der Waals surface area contributed by atoms with Crippen molar-refractivity contribution in [2.45, 2.75) is 32.4 Å². The summed E-state index contributed by atoms with van der Waals surface area (Å²) >= 11 is 0. The number of aromatic nitrogens is 1. The number of hydrogen-bond acceptors (Lipinski definition) is 5. The average molecular weight is 498 g/mol. The maximum atomic E-state index is 5.88. The zero-order valence-electron chi connectivity index (χ0n) is 16.4. The normalized spacial score (nSPS) is 13.3. The van der Waals surface area contributed by atoms with E-state index in [1.807, 2.05) is 30.3 Å². The largest absolute Gasteiger partial charge is 0.493 e. The lowest BCUT2D eigenvalue weighted by Gasteiger charge is -2.13. The number of rotatable bonds is 8. The first-order chi connectivity index (χ1) is 13.2. The monoisotopic (exact) mass is 498 g/mol. The van der Waals surface area contributed by atoms with Gasteiger partial charge >= 0.3 is 0 Å². The van der Waals surface area contributed by atoms with Gasteiger partial charge in [0.1, 0.15) is 0 Å². The van der Waals surface area contributed by atoms with Crippen molar-refractivity contribution in [3.63, 3.8) is 0 Å². The van der Waals surface area contributed by atoms with Crippen molar-refractivity contribution in [2.24, 2.45) is 4.99 Å². The third kappa shape index (κ3) is 6.15. The summed E-state index contributed by atoms with van der Waals surface area (Å²) in [6.45, 7) is 3.45. The highest BCUT2D eigenvalue weighted by atomic mass is 127. The van der Waals surface area contributed by atoms with Crippen molar-refractivity contribution in [1.29, 1.82) is 0 Å². The number of pyridine rings is 1. The number of para-hydroxylation sites is 1. The molecule has 0 bridgehead atoms. The van der Waals surface area contributed by atoms with E-state index in [9.17, 15) is 0 Å². The number of hydrogen-bond donors (Lipinski definition) is 2. The summed E-state index contributed by atoms with van der Waals surface area (Å²) in [7, 11) is 3.18. The summed E-state index contributed by atoms with van der Waals surface area (Å²) < 4.78 is 16.6. The van der Waals surface area contributed by atoms with E-state index in [0.717, 1.165) is 18.1 Å². The highest BCUT2D eigenvalue weighted by Gasteiger charge is 2.22. The van der Waals surface area contributed by atoms with Gasteiger partial charge in [0.15, 0.2) is 17.5 Å². The molecule has 1 aliphatic rings. The van der Waals surface area contributed by atoms with Crippen LogP contribution in [0.1, 0.15) is 25.3 Å². The summed E-state index contributed by atoms with van der Waals surface area (Å²) in [5.41, 5.74) is 1.00. The molecule has 0 amide bonds. The van der Waals surface area contributed by atoms with Crippen LogP contribution in [0.15, 0.2) is 41.5 Å². The topological polar surface area (TPSA) is 77.0 Å². The first-order valence-electron chi connectivity index (χ1n) is 9.12. The number of guanidine groups is 1. The van der Waals surface area contributed by atoms with E-state index in [0.29, 0.717) is 35.7 Å². The van der Waals surface area contributed by atoms with Gasteiger partial charge in [0.2, 0.25) is 11.6 Å². The summed E-state index contributed by atoms with van der Waals surface area (Å²) in [5, 5.41) is 6.66. The van der Waals surface area contributed by atoms with Crippen molar-refractivity contribution < 1.29 is 14.2 Å². The molecule has 152 valence electrons. The molecule has 2 N–H and O–H groups in total. The van der Waals surface area contributed by atoms with Crippen LogP contribution < -0.4 is 24.8 Å². The lowest BCUT2D eigenvalue weighted by atomic mass is 10.3. The fourth-order valence-corrected chi connectivity index (χ4v) is 2.50. The average Bonchev–Trinajstić information content (AvgIpc) is 3.51. The third-order valence-corrected chi connectivity index (χ3v) is 4.07. The molecular weight excluding hydrogens is 471 g/mol. The number of ether oxygens (including phenoxy) is 3. The number of aliphatic imine (C=N–C) groups is 1. The number of nitrogens with one attached hydrogen (secondary N) is 2. The van der Waals surface area contributed by atoms with Gasteiger partial charge in [-0.05, 0) is 37.5 Å². The molecule has 0 saturated heterocycles. The quantitative estimate of drug-likeness (QED) is 0.328. The van der Waals surface area contributed by atoms with Crippen LogP contribution in [0, 0.1) is 0 Å². The molecule has 1 fully saturated rings. The minimum absolute atomic E-state index is 0. The van der Waals surface area contributed by atoms with E-state index in [4.69, 9.17) is 14.2 Å². The van der Waals surface area contributed by atoms with Gasteiger partial charge in [0.25, 0.3) is 0 Å². The van der Waals surface area contributed by atoms with E-state index >= 15 is 0 Å². The Kier molecular flexibility index (Phi) is 8.62. The minimum atomic E-state index is 0. The fraction of sp³-hybridized carbons (Fsp3) is 0.400. The number of nitrogens with zero attached hydrogens (tertiary/aromatic N) is 2.